The topological polar surface area (TPSA) is 90.2 Å². The predicted molar refractivity (Wildman–Crippen MR) is 74.8 cm³/mol. The summed E-state index contributed by atoms with van der Waals surface area (Å²) in [5.74, 6) is 1.10. The summed E-state index contributed by atoms with van der Waals surface area (Å²) in [5, 5.41) is 14.0. The van der Waals surface area contributed by atoms with Gasteiger partial charge in [-0.2, -0.15) is 0 Å². The Morgan fingerprint density at radius 1 is 1.40 bits per heavy atom. The van der Waals surface area contributed by atoms with E-state index in [-0.39, 0.29) is 11.4 Å². The van der Waals surface area contributed by atoms with Crippen molar-refractivity contribution in [1.82, 2.24) is 9.97 Å². The lowest BCUT2D eigenvalue weighted by molar-refractivity contribution is -0.384. The van der Waals surface area contributed by atoms with Crippen LogP contribution in [0.25, 0.3) is 11.3 Å². The van der Waals surface area contributed by atoms with Crippen molar-refractivity contribution >= 4 is 11.5 Å². The zero-order valence-corrected chi connectivity index (χ0v) is 11.2. The molecule has 20 heavy (non-hydrogen) atoms. The van der Waals surface area contributed by atoms with E-state index in [1.807, 2.05) is 6.92 Å². The highest BCUT2D eigenvalue weighted by Gasteiger charge is 2.18. The highest BCUT2D eigenvalue weighted by Crippen LogP contribution is 2.30. The first-order valence-electron chi connectivity index (χ1n) is 6.07. The molecule has 2 aromatic rings. The van der Waals surface area contributed by atoms with Gasteiger partial charge in [-0.25, -0.2) is 4.98 Å². The zero-order valence-electron chi connectivity index (χ0n) is 11.2. The van der Waals surface area contributed by atoms with E-state index in [0.29, 0.717) is 23.7 Å². The second-order valence-corrected chi connectivity index (χ2v) is 3.91. The second-order valence-electron chi connectivity index (χ2n) is 3.91. The van der Waals surface area contributed by atoms with Crippen LogP contribution in [0.15, 0.2) is 30.6 Å². The molecule has 2 aromatic heterocycles. The quantitative estimate of drug-likeness (QED) is 0.665. The van der Waals surface area contributed by atoms with E-state index in [1.165, 1.54) is 12.3 Å². The minimum absolute atomic E-state index is 0.0700. The summed E-state index contributed by atoms with van der Waals surface area (Å²) >= 11 is 0. The van der Waals surface area contributed by atoms with Crippen LogP contribution < -0.4 is 10.1 Å². The number of anilines is 1. The highest BCUT2D eigenvalue weighted by molar-refractivity contribution is 5.71. The van der Waals surface area contributed by atoms with Crippen molar-refractivity contribution < 1.29 is 9.66 Å². The summed E-state index contributed by atoms with van der Waals surface area (Å²) < 4.78 is 5.35. The lowest BCUT2D eigenvalue weighted by Crippen LogP contribution is -2.00. The minimum atomic E-state index is -0.463. The van der Waals surface area contributed by atoms with Gasteiger partial charge >= 0.3 is 0 Å². The normalized spacial score (nSPS) is 10.1. The molecule has 0 atom stereocenters. The van der Waals surface area contributed by atoms with Crippen LogP contribution in [0.5, 0.6) is 5.75 Å². The molecule has 104 valence electrons. The molecule has 2 heterocycles. The molecular formula is C13H14N4O3. The Kier molecular flexibility index (Phi) is 4.09. The zero-order chi connectivity index (χ0) is 14.5. The largest absolute Gasteiger partial charge is 0.492 e. The number of hydrogen-bond acceptors (Lipinski definition) is 6. The van der Waals surface area contributed by atoms with E-state index in [1.54, 1.807) is 25.4 Å². The summed E-state index contributed by atoms with van der Waals surface area (Å²) in [5.41, 5.74) is 0.732. The molecule has 0 aliphatic rings. The van der Waals surface area contributed by atoms with Crippen molar-refractivity contribution in [2.24, 2.45) is 0 Å². The van der Waals surface area contributed by atoms with E-state index in [9.17, 15) is 10.1 Å². The van der Waals surface area contributed by atoms with Gasteiger partial charge in [0.05, 0.1) is 17.7 Å². The fourth-order valence-corrected chi connectivity index (χ4v) is 1.74. The van der Waals surface area contributed by atoms with Crippen molar-refractivity contribution in [3.8, 4) is 17.0 Å². The molecule has 1 N–H and O–H groups in total. The Morgan fingerprint density at radius 3 is 2.85 bits per heavy atom. The minimum Gasteiger partial charge on any atom is -0.492 e. The van der Waals surface area contributed by atoms with Crippen LogP contribution in [0, 0.1) is 10.1 Å². The van der Waals surface area contributed by atoms with Crippen molar-refractivity contribution in [2.45, 2.75) is 6.92 Å². The Hall–Kier alpha value is -2.70. The fourth-order valence-electron chi connectivity index (χ4n) is 1.74. The third kappa shape index (κ3) is 2.82. The monoisotopic (exact) mass is 274 g/mol. The summed E-state index contributed by atoms with van der Waals surface area (Å²) in [4.78, 5) is 18.9. The molecule has 0 fully saturated rings. The third-order valence-corrected chi connectivity index (χ3v) is 2.62. The lowest BCUT2D eigenvalue weighted by Gasteiger charge is -2.07. The number of rotatable bonds is 5. The molecule has 7 nitrogen and oxygen atoms in total. The first-order valence-corrected chi connectivity index (χ1v) is 6.07. The van der Waals surface area contributed by atoms with Crippen LogP contribution >= 0.6 is 0 Å². The summed E-state index contributed by atoms with van der Waals surface area (Å²) in [6, 6.07) is 4.66. The summed E-state index contributed by atoms with van der Waals surface area (Å²) in [6.45, 7) is 2.35. The number of nitrogens with one attached hydrogen (secondary N) is 1. The maximum Gasteiger partial charge on any atom is 0.295 e. The van der Waals surface area contributed by atoms with Gasteiger partial charge in [-0.15, -0.1) is 0 Å². The van der Waals surface area contributed by atoms with Crippen molar-refractivity contribution in [1.29, 1.82) is 0 Å². The second kappa shape index (κ2) is 5.96. The summed E-state index contributed by atoms with van der Waals surface area (Å²) in [7, 11) is 1.70. The molecule has 0 aliphatic heterocycles. The smallest absolute Gasteiger partial charge is 0.295 e. The first-order chi connectivity index (χ1) is 9.65. The van der Waals surface area contributed by atoms with Gasteiger partial charge in [0, 0.05) is 24.9 Å². The van der Waals surface area contributed by atoms with Gasteiger partial charge in [0.15, 0.2) is 5.69 Å². The molecule has 0 radical (unpaired) electrons. The average molecular weight is 274 g/mol. The van der Waals surface area contributed by atoms with Crippen LogP contribution in [0.2, 0.25) is 0 Å². The molecule has 0 unspecified atom stereocenters. The lowest BCUT2D eigenvalue weighted by atomic mass is 10.1. The van der Waals surface area contributed by atoms with Crippen LogP contribution in [0.1, 0.15) is 6.92 Å². The molecule has 0 saturated carbocycles. The van der Waals surface area contributed by atoms with E-state index < -0.39 is 4.92 Å². The Morgan fingerprint density at radius 2 is 2.20 bits per heavy atom. The molecule has 2 rings (SSSR count). The Labute approximate surface area is 115 Å². The number of aromatic nitrogens is 2. The molecule has 0 spiro atoms. The van der Waals surface area contributed by atoms with E-state index in [4.69, 9.17) is 4.74 Å². The van der Waals surface area contributed by atoms with Gasteiger partial charge in [-0.1, -0.05) is 0 Å². The van der Waals surface area contributed by atoms with E-state index >= 15 is 0 Å². The molecule has 0 bridgehead atoms. The molecule has 0 amide bonds. The Bertz CT molecular complexity index is 631. The maximum absolute atomic E-state index is 11.1. The van der Waals surface area contributed by atoms with Gasteiger partial charge in [0.25, 0.3) is 5.69 Å². The highest BCUT2D eigenvalue weighted by atomic mass is 16.6. The fraction of sp³-hybridized carbons (Fsp3) is 0.231. The first kappa shape index (κ1) is 13.7. The van der Waals surface area contributed by atoms with Gasteiger partial charge in [-0.05, 0) is 19.1 Å². The number of nitrogens with zero attached hydrogens (tertiary/aromatic N) is 3. The average Bonchev–Trinajstić information content (AvgIpc) is 2.47. The molecule has 0 aliphatic carbocycles. The van der Waals surface area contributed by atoms with E-state index in [2.05, 4.69) is 15.3 Å². The van der Waals surface area contributed by atoms with E-state index in [0.717, 1.165) is 0 Å². The predicted octanol–water partition coefficient (Wildman–Crippen LogP) is 2.49. The molecule has 0 saturated heterocycles. The van der Waals surface area contributed by atoms with Crippen LogP contribution in [-0.2, 0) is 0 Å². The van der Waals surface area contributed by atoms with Gasteiger partial charge < -0.3 is 10.1 Å². The SMILES string of the molecule is CCOc1cncc(-c2nc(NC)ccc2[N+](=O)[O-])c1. The molecule has 7 heteroatoms. The van der Waals surface area contributed by atoms with Gasteiger partial charge in [0.2, 0.25) is 0 Å². The van der Waals surface area contributed by atoms with Crippen molar-refractivity contribution in [2.75, 3.05) is 19.0 Å². The van der Waals surface area contributed by atoms with Crippen LogP contribution in [0.4, 0.5) is 11.5 Å². The van der Waals surface area contributed by atoms with Crippen molar-refractivity contribution in [3.63, 3.8) is 0 Å². The maximum atomic E-state index is 11.1. The molecule has 0 aromatic carbocycles. The molecular weight excluding hydrogens is 260 g/mol. The number of ether oxygens (including phenoxy) is 1. The standard InChI is InChI=1S/C13H14N4O3/c1-3-20-10-6-9(7-15-8-10)13-11(17(18)19)4-5-12(14-2)16-13/h4-8H,3H2,1-2H3,(H,14,16). The number of hydrogen-bond donors (Lipinski definition) is 1. The number of nitro groups is 1. The van der Waals surface area contributed by atoms with Gasteiger partial charge in [-0.3, -0.25) is 15.1 Å². The van der Waals surface area contributed by atoms with Crippen LogP contribution in [0.3, 0.4) is 0 Å². The summed E-state index contributed by atoms with van der Waals surface area (Å²) in [6.07, 6.45) is 3.08. The van der Waals surface area contributed by atoms with Crippen molar-refractivity contribution in [3.05, 3.63) is 40.7 Å². The third-order valence-electron chi connectivity index (χ3n) is 2.62. The Balaban J connectivity index is 2.54. The van der Waals surface area contributed by atoms with Gasteiger partial charge in [0.1, 0.15) is 11.6 Å². The number of pyridine rings is 2. The van der Waals surface area contributed by atoms with Crippen LogP contribution in [-0.4, -0.2) is 28.5 Å².